The normalized spacial score (nSPS) is 11.7. The molecule has 0 aliphatic heterocycles. The molecule has 1 atom stereocenters. The predicted molar refractivity (Wildman–Crippen MR) is 94.7 cm³/mol. The average molecular weight is 327 g/mol. The summed E-state index contributed by atoms with van der Waals surface area (Å²) in [4.78, 5) is 12.1. The van der Waals surface area contributed by atoms with E-state index in [2.05, 4.69) is 5.32 Å². The lowest BCUT2D eigenvalue weighted by molar-refractivity contribution is 0.0973. The maximum Gasteiger partial charge on any atom is 0.407 e. The Morgan fingerprint density at radius 1 is 0.958 bits per heavy atom. The summed E-state index contributed by atoms with van der Waals surface area (Å²) in [5.74, 6) is 0. The van der Waals surface area contributed by atoms with Crippen molar-refractivity contribution >= 4 is 6.09 Å². The third-order valence-electron chi connectivity index (χ3n) is 3.79. The van der Waals surface area contributed by atoms with Crippen LogP contribution in [-0.4, -0.2) is 24.4 Å². The molecule has 0 saturated heterocycles. The van der Waals surface area contributed by atoms with Crippen molar-refractivity contribution in [2.24, 2.45) is 0 Å². The number of benzene rings is 2. The van der Waals surface area contributed by atoms with Gasteiger partial charge in [0.05, 0.1) is 0 Å². The van der Waals surface area contributed by atoms with Crippen LogP contribution in [0, 0.1) is 0 Å². The molecule has 2 rings (SSSR count). The lowest BCUT2D eigenvalue weighted by Crippen LogP contribution is -2.27. The fourth-order valence-corrected chi connectivity index (χ4v) is 2.50. The number of carbonyl (C=O) groups is 1. The molecule has 2 N–H and O–H groups in total. The van der Waals surface area contributed by atoms with Crippen LogP contribution in [0.2, 0.25) is 0 Å². The Labute approximate surface area is 143 Å². The molecule has 4 heteroatoms. The van der Waals surface area contributed by atoms with Gasteiger partial charge in [0.1, 0.15) is 6.10 Å². The quantitative estimate of drug-likeness (QED) is 0.688. The summed E-state index contributed by atoms with van der Waals surface area (Å²) in [6.45, 7) is 0.753. The molecule has 1 amide bonds. The Kier molecular flexibility index (Phi) is 7.84. The summed E-state index contributed by atoms with van der Waals surface area (Å²) in [5.41, 5.74) is 2.11. The van der Waals surface area contributed by atoms with Crippen LogP contribution in [-0.2, 0) is 11.2 Å². The van der Waals surface area contributed by atoms with Crippen LogP contribution in [0.1, 0.15) is 36.5 Å². The van der Waals surface area contributed by atoms with Gasteiger partial charge < -0.3 is 15.2 Å². The number of unbranched alkanes of at least 4 members (excludes halogenated alkanes) is 2. The zero-order chi connectivity index (χ0) is 17.0. The zero-order valence-electron chi connectivity index (χ0n) is 13.9. The Hall–Kier alpha value is -2.33. The minimum absolute atomic E-state index is 0.192. The highest BCUT2D eigenvalue weighted by molar-refractivity contribution is 5.67. The molecule has 128 valence electrons. The Morgan fingerprint density at radius 3 is 2.29 bits per heavy atom. The van der Waals surface area contributed by atoms with Crippen LogP contribution < -0.4 is 5.32 Å². The molecule has 0 aliphatic carbocycles. The molecule has 0 aromatic heterocycles. The summed E-state index contributed by atoms with van der Waals surface area (Å²) >= 11 is 0. The number of hydrogen-bond acceptors (Lipinski definition) is 3. The van der Waals surface area contributed by atoms with Crippen LogP contribution in [0.4, 0.5) is 4.79 Å². The number of carbonyl (C=O) groups excluding carboxylic acids is 1. The number of ether oxygens (including phenoxy) is 1. The first kappa shape index (κ1) is 18.0. The predicted octanol–water partition coefficient (Wildman–Crippen LogP) is 3.86. The first-order chi connectivity index (χ1) is 11.8. The van der Waals surface area contributed by atoms with Crippen molar-refractivity contribution in [3.05, 3.63) is 71.8 Å². The van der Waals surface area contributed by atoms with Gasteiger partial charge in [0.25, 0.3) is 0 Å². The molecular weight excluding hydrogens is 302 g/mol. The highest BCUT2D eigenvalue weighted by atomic mass is 16.6. The summed E-state index contributed by atoms with van der Waals surface area (Å²) in [6.07, 6.45) is 2.42. The second-order valence-corrected chi connectivity index (χ2v) is 5.71. The fourth-order valence-electron chi connectivity index (χ4n) is 2.50. The van der Waals surface area contributed by atoms with E-state index in [1.54, 1.807) is 0 Å². The van der Waals surface area contributed by atoms with Gasteiger partial charge in [0.2, 0.25) is 0 Å². The molecule has 0 radical (unpaired) electrons. The molecule has 0 spiro atoms. The van der Waals surface area contributed by atoms with Gasteiger partial charge in [-0.15, -0.1) is 0 Å². The third kappa shape index (κ3) is 6.42. The number of alkyl carbamates (subject to hydrolysis) is 1. The topological polar surface area (TPSA) is 58.6 Å². The van der Waals surface area contributed by atoms with Crippen LogP contribution in [0.3, 0.4) is 0 Å². The van der Waals surface area contributed by atoms with Gasteiger partial charge >= 0.3 is 6.09 Å². The monoisotopic (exact) mass is 327 g/mol. The molecule has 0 fully saturated rings. The smallest absolute Gasteiger partial charge is 0.407 e. The summed E-state index contributed by atoms with van der Waals surface area (Å²) in [6, 6.07) is 19.8. The molecule has 0 saturated carbocycles. The van der Waals surface area contributed by atoms with E-state index in [1.165, 1.54) is 0 Å². The Bertz CT molecular complexity index is 586. The van der Waals surface area contributed by atoms with Crippen molar-refractivity contribution in [1.82, 2.24) is 5.32 Å². The second kappa shape index (κ2) is 10.4. The second-order valence-electron chi connectivity index (χ2n) is 5.71. The minimum Gasteiger partial charge on any atom is -0.441 e. The van der Waals surface area contributed by atoms with Crippen molar-refractivity contribution < 1.29 is 14.6 Å². The molecule has 0 bridgehead atoms. The molecule has 1 unspecified atom stereocenters. The molecule has 24 heavy (non-hydrogen) atoms. The van der Waals surface area contributed by atoms with Crippen LogP contribution in [0.5, 0.6) is 0 Å². The van der Waals surface area contributed by atoms with E-state index in [1.807, 2.05) is 60.7 Å². The van der Waals surface area contributed by atoms with Crippen LogP contribution >= 0.6 is 0 Å². The van der Waals surface area contributed by atoms with Gasteiger partial charge in [-0.2, -0.15) is 0 Å². The standard InChI is InChI=1S/C20H25NO3/c22-15-9-3-8-14-21-20(23)24-19(18-12-6-2-7-13-18)16-17-10-4-1-5-11-17/h1-2,4-7,10-13,19,22H,3,8-9,14-16H2,(H,21,23). The van der Waals surface area contributed by atoms with Crippen molar-refractivity contribution in [2.75, 3.05) is 13.2 Å². The maximum atomic E-state index is 12.1. The van der Waals surface area contributed by atoms with Crippen LogP contribution in [0.25, 0.3) is 0 Å². The van der Waals surface area contributed by atoms with Crippen molar-refractivity contribution in [3.63, 3.8) is 0 Å². The van der Waals surface area contributed by atoms with Gasteiger partial charge in [-0.1, -0.05) is 60.7 Å². The van der Waals surface area contributed by atoms with Crippen molar-refractivity contribution in [1.29, 1.82) is 0 Å². The van der Waals surface area contributed by atoms with E-state index in [0.29, 0.717) is 13.0 Å². The van der Waals surface area contributed by atoms with Crippen LogP contribution in [0.15, 0.2) is 60.7 Å². The highest BCUT2D eigenvalue weighted by Crippen LogP contribution is 2.22. The van der Waals surface area contributed by atoms with Gasteiger partial charge in [0, 0.05) is 19.6 Å². The summed E-state index contributed by atoms with van der Waals surface area (Å²) in [5, 5.41) is 11.5. The maximum absolute atomic E-state index is 12.1. The Balaban J connectivity index is 1.92. The molecular formula is C20H25NO3. The highest BCUT2D eigenvalue weighted by Gasteiger charge is 2.17. The summed E-state index contributed by atoms with van der Waals surface area (Å²) in [7, 11) is 0. The Morgan fingerprint density at radius 2 is 1.62 bits per heavy atom. The SMILES string of the molecule is O=C(NCCCCCO)OC(Cc1ccccc1)c1ccccc1. The lowest BCUT2D eigenvalue weighted by atomic mass is 10.0. The first-order valence-corrected chi connectivity index (χ1v) is 8.44. The molecule has 4 nitrogen and oxygen atoms in total. The van der Waals surface area contributed by atoms with E-state index < -0.39 is 6.09 Å². The number of hydrogen-bond donors (Lipinski definition) is 2. The fraction of sp³-hybridized carbons (Fsp3) is 0.350. The molecule has 2 aromatic rings. The van der Waals surface area contributed by atoms with E-state index >= 15 is 0 Å². The number of amides is 1. The third-order valence-corrected chi connectivity index (χ3v) is 3.79. The molecule has 0 heterocycles. The summed E-state index contributed by atoms with van der Waals surface area (Å²) < 4.78 is 5.65. The van der Waals surface area contributed by atoms with Gasteiger partial charge in [-0.05, 0) is 30.4 Å². The van der Waals surface area contributed by atoms with Crippen molar-refractivity contribution in [2.45, 2.75) is 31.8 Å². The van der Waals surface area contributed by atoms with Gasteiger partial charge in [-0.25, -0.2) is 4.79 Å². The van der Waals surface area contributed by atoms with E-state index in [9.17, 15) is 4.79 Å². The number of aliphatic hydroxyl groups excluding tert-OH is 1. The van der Waals surface area contributed by atoms with Crippen molar-refractivity contribution in [3.8, 4) is 0 Å². The average Bonchev–Trinajstić information content (AvgIpc) is 2.62. The van der Waals surface area contributed by atoms with E-state index in [-0.39, 0.29) is 12.7 Å². The largest absolute Gasteiger partial charge is 0.441 e. The minimum atomic E-state index is -0.399. The first-order valence-electron chi connectivity index (χ1n) is 8.44. The lowest BCUT2D eigenvalue weighted by Gasteiger charge is -2.19. The number of rotatable bonds is 9. The molecule has 0 aliphatic rings. The number of nitrogens with one attached hydrogen (secondary N) is 1. The van der Waals surface area contributed by atoms with E-state index in [0.717, 1.165) is 30.4 Å². The van der Waals surface area contributed by atoms with E-state index in [4.69, 9.17) is 9.84 Å². The number of aliphatic hydroxyl groups is 1. The van der Waals surface area contributed by atoms with Gasteiger partial charge in [-0.3, -0.25) is 0 Å². The molecule has 2 aromatic carbocycles. The van der Waals surface area contributed by atoms with Gasteiger partial charge in [0.15, 0.2) is 0 Å². The zero-order valence-corrected chi connectivity index (χ0v) is 13.9.